The number of benzene rings is 1. The molecule has 2 rings (SSSR count). The number of carboxylic acids is 1. The van der Waals surface area contributed by atoms with Crippen LogP contribution in [0, 0.1) is 6.92 Å². The molecule has 0 saturated carbocycles. The molecule has 0 fully saturated rings. The van der Waals surface area contributed by atoms with E-state index in [2.05, 4.69) is 21.0 Å². The molecule has 18 heavy (non-hydrogen) atoms. The minimum Gasteiger partial charge on any atom is -0.476 e. The number of aryl methyl sites for hydroxylation is 1. The molecule has 0 aliphatic rings. The first-order valence-electron chi connectivity index (χ1n) is 5.07. The minimum absolute atomic E-state index is 0.0548. The SMILES string of the molecule is Cc1ccc(-n2cc(C=O)c(C(=O)O)n2)cc1Br. The van der Waals surface area contributed by atoms with Gasteiger partial charge in [0.25, 0.3) is 0 Å². The Morgan fingerprint density at radius 1 is 1.50 bits per heavy atom. The Morgan fingerprint density at radius 3 is 2.72 bits per heavy atom. The Balaban J connectivity index is 2.54. The molecule has 1 aromatic carbocycles. The van der Waals surface area contributed by atoms with E-state index in [9.17, 15) is 9.59 Å². The van der Waals surface area contributed by atoms with Gasteiger partial charge in [0, 0.05) is 10.7 Å². The second-order valence-electron chi connectivity index (χ2n) is 3.73. The van der Waals surface area contributed by atoms with Crippen LogP contribution in [0.5, 0.6) is 0 Å². The lowest BCUT2D eigenvalue weighted by Crippen LogP contribution is -2.02. The highest BCUT2D eigenvalue weighted by Gasteiger charge is 2.15. The van der Waals surface area contributed by atoms with Gasteiger partial charge in [-0.2, -0.15) is 5.10 Å². The van der Waals surface area contributed by atoms with Crippen molar-refractivity contribution in [2.45, 2.75) is 6.92 Å². The number of halogens is 1. The Bertz CT molecular complexity index is 634. The van der Waals surface area contributed by atoms with Crippen molar-refractivity contribution in [1.29, 1.82) is 0 Å². The summed E-state index contributed by atoms with van der Waals surface area (Å²) >= 11 is 3.39. The Hall–Kier alpha value is -1.95. The Kier molecular flexibility index (Phi) is 3.29. The summed E-state index contributed by atoms with van der Waals surface area (Å²) in [5, 5.41) is 12.8. The van der Waals surface area contributed by atoms with Crippen LogP contribution in [0.1, 0.15) is 26.4 Å². The molecular formula is C12H9BrN2O3. The molecule has 0 unspecified atom stereocenters. The summed E-state index contributed by atoms with van der Waals surface area (Å²) in [5.41, 5.74) is 1.55. The summed E-state index contributed by atoms with van der Waals surface area (Å²) in [4.78, 5) is 21.7. The van der Waals surface area contributed by atoms with Crippen molar-refractivity contribution in [2.24, 2.45) is 0 Å². The van der Waals surface area contributed by atoms with Crippen LogP contribution in [-0.4, -0.2) is 27.1 Å². The van der Waals surface area contributed by atoms with Gasteiger partial charge in [0.1, 0.15) is 0 Å². The third kappa shape index (κ3) is 2.19. The highest BCUT2D eigenvalue weighted by molar-refractivity contribution is 9.10. The molecule has 0 radical (unpaired) electrons. The summed E-state index contributed by atoms with van der Waals surface area (Å²) in [6, 6.07) is 5.48. The van der Waals surface area contributed by atoms with Crippen LogP contribution in [0.15, 0.2) is 28.9 Å². The van der Waals surface area contributed by atoms with E-state index < -0.39 is 5.97 Å². The second kappa shape index (κ2) is 4.73. The van der Waals surface area contributed by atoms with Crippen molar-refractivity contribution < 1.29 is 14.7 Å². The van der Waals surface area contributed by atoms with E-state index in [1.807, 2.05) is 19.1 Å². The molecule has 0 saturated heterocycles. The Labute approximate surface area is 111 Å². The van der Waals surface area contributed by atoms with Crippen molar-refractivity contribution >= 4 is 28.2 Å². The van der Waals surface area contributed by atoms with Gasteiger partial charge in [-0.1, -0.05) is 22.0 Å². The number of nitrogens with zero attached hydrogens (tertiary/aromatic N) is 2. The van der Waals surface area contributed by atoms with Gasteiger partial charge in [-0.3, -0.25) is 4.79 Å². The number of carboxylic acid groups (broad SMARTS) is 1. The summed E-state index contributed by atoms with van der Waals surface area (Å²) in [7, 11) is 0. The molecule has 6 heteroatoms. The van der Waals surface area contributed by atoms with E-state index in [1.54, 1.807) is 6.07 Å². The first-order valence-corrected chi connectivity index (χ1v) is 5.87. The predicted molar refractivity (Wildman–Crippen MR) is 68.3 cm³/mol. The minimum atomic E-state index is -1.22. The van der Waals surface area contributed by atoms with Crippen LogP contribution < -0.4 is 0 Å². The van der Waals surface area contributed by atoms with Crippen LogP contribution in [0.4, 0.5) is 0 Å². The van der Waals surface area contributed by atoms with Crippen LogP contribution in [-0.2, 0) is 0 Å². The molecule has 1 N–H and O–H groups in total. The molecule has 5 nitrogen and oxygen atoms in total. The van der Waals surface area contributed by atoms with Crippen LogP contribution in [0.3, 0.4) is 0 Å². The topological polar surface area (TPSA) is 72.2 Å². The average Bonchev–Trinajstić information content (AvgIpc) is 2.77. The summed E-state index contributed by atoms with van der Waals surface area (Å²) in [6.07, 6.45) is 1.88. The third-order valence-electron chi connectivity index (χ3n) is 2.49. The zero-order valence-electron chi connectivity index (χ0n) is 9.42. The molecule has 0 spiro atoms. The van der Waals surface area contributed by atoms with Crippen LogP contribution >= 0.6 is 15.9 Å². The van der Waals surface area contributed by atoms with Gasteiger partial charge in [0.15, 0.2) is 12.0 Å². The maximum absolute atomic E-state index is 10.9. The number of carbonyl (C=O) groups is 2. The lowest BCUT2D eigenvalue weighted by molar-refractivity contribution is 0.0687. The monoisotopic (exact) mass is 308 g/mol. The van der Waals surface area contributed by atoms with E-state index in [0.29, 0.717) is 12.0 Å². The second-order valence-corrected chi connectivity index (χ2v) is 4.59. The van der Waals surface area contributed by atoms with Gasteiger partial charge in [-0.15, -0.1) is 0 Å². The zero-order chi connectivity index (χ0) is 13.3. The van der Waals surface area contributed by atoms with Crippen molar-refractivity contribution in [3.05, 3.63) is 45.7 Å². The molecule has 0 aliphatic heterocycles. The molecule has 1 heterocycles. The fourth-order valence-electron chi connectivity index (χ4n) is 1.50. The lowest BCUT2D eigenvalue weighted by atomic mass is 10.2. The molecule has 92 valence electrons. The van der Waals surface area contributed by atoms with Gasteiger partial charge in [0.2, 0.25) is 0 Å². The average molecular weight is 309 g/mol. The third-order valence-corrected chi connectivity index (χ3v) is 3.35. The molecule has 2 aromatic rings. The fraction of sp³-hybridized carbons (Fsp3) is 0.0833. The normalized spacial score (nSPS) is 10.3. The summed E-state index contributed by atoms with van der Waals surface area (Å²) in [6.45, 7) is 1.94. The Morgan fingerprint density at radius 2 is 2.22 bits per heavy atom. The largest absolute Gasteiger partial charge is 0.476 e. The molecule has 1 aromatic heterocycles. The number of hydrogen-bond acceptors (Lipinski definition) is 3. The number of aromatic nitrogens is 2. The highest BCUT2D eigenvalue weighted by atomic mass is 79.9. The van der Waals surface area contributed by atoms with E-state index in [4.69, 9.17) is 5.11 Å². The number of rotatable bonds is 3. The molecular weight excluding hydrogens is 300 g/mol. The van der Waals surface area contributed by atoms with E-state index in [1.165, 1.54) is 10.9 Å². The van der Waals surface area contributed by atoms with Crippen molar-refractivity contribution in [3.8, 4) is 5.69 Å². The standard InChI is InChI=1S/C12H9BrN2O3/c1-7-2-3-9(4-10(7)13)15-5-8(6-16)11(14-15)12(17)18/h2-6H,1H3,(H,17,18). The first-order chi connectivity index (χ1) is 8.52. The number of carbonyl (C=O) groups excluding carboxylic acids is 1. The van der Waals surface area contributed by atoms with Crippen LogP contribution in [0.25, 0.3) is 5.69 Å². The van der Waals surface area contributed by atoms with Crippen molar-refractivity contribution in [1.82, 2.24) is 9.78 Å². The number of aldehydes is 1. The van der Waals surface area contributed by atoms with E-state index in [-0.39, 0.29) is 11.3 Å². The van der Waals surface area contributed by atoms with E-state index >= 15 is 0 Å². The summed E-state index contributed by atoms with van der Waals surface area (Å²) < 4.78 is 2.26. The predicted octanol–water partition coefficient (Wildman–Crippen LogP) is 2.45. The maximum atomic E-state index is 10.9. The zero-order valence-corrected chi connectivity index (χ0v) is 11.0. The highest BCUT2D eigenvalue weighted by Crippen LogP contribution is 2.20. The summed E-state index contributed by atoms with van der Waals surface area (Å²) in [5.74, 6) is -1.22. The number of hydrogen-bond donors (Lipinski definition) is 1. The van der Waals surface area contributed by atoms with Crippen LogP contribution in [0.2, 0.25) is 0 Å². The molecule has 0 atom stereocenters. The smallest absolute Gasteiger partial charge is 0.357 e. The first kappa shape index (κ1) is 12.5. The number of aromatic carboxylic acids is 1. The molecule has 0 bridgehead atoms. The quantitative estimate of drug-likeness (QED) is 0.884. The molecule has 0 amide bonds. The van der Waals surface area contributed by atoms with Crippen molar-refractivity contribution in [3.63, 3.8) is 0 Å². The van der Waals surface area contributed by atoms with Gasteiger partial charge in [0.05, 0.1) is 11.3 Å². The maximum Gasteiger partial charge on any atom is 0.357 e. The fourth-order valence-corrected chi connectivity index (χ4v) is 1.86. The van der Waals surface area contributed by atoms with Gasteiger partial charge in [-0.25, -0.2) is 9.48 Å². The lowest BCUT2D eigenvalue weighted by Gasteiger charge is -2.03. The molecule has 0 aliphatic carbocycles. The van der Waals surface area contributed by atoms with Gasteiger partial charge < -0.3 is 5.11 Å². The van der Waals surface area contributed by atoms with Crippen molar-refractivity contribution in [2.75, 3.05) is 0 Å². The van der Waals surface area contributed by atoms with Gasteiger partial charge in [-0.05, 0) is 24.6 Å². The van der Waals surface area contributed by atoms with E-state index in [0.717, 1.165) is 10.0 Å². The van der Waals surface area contributed by atoms with Gasteiger partial charge >= 0.3 is 5.97 Å².